The van der Waals surface area contributed by atoms with Gasteiger partial charge in [-0.15, -0.1) is 0 Å². The fraction of sp³-hybridized carbons (Fsp3) is 0.385. The summed E-state index contributed by atoms with van der Waals surface area (Å²) in [5.74, 6) is 5.26. The Morgan fingerprint density at radius 1 is 0.918 bits per heavy atom. The summed E-state index contributed by atoms with van der Waals surface area (Å²) < 4.78 is 10.3. The average Bonchev–Trinajstić information content (AvgIpc) is 3.41. The van der Waals surface area contributed by atoms with Crippen molar-refractivity contribution in [3.63, 3.8) is 0 Å². The van der Waals surface area contributed by atoms with E-state index in [-0.39, 0.29) is 17.9 Å². The maximum atomic E-state index is 14.5. The summed E-state index contributed by atoms with van der Waals surface area (Å²) in [6.45, 7) is 9.65. The van der Waals surface area contributed by atoms with E-state index >= 15 is 0 Å². The SMILES string of the molecule is COC(=O)c1ccc(C#Cc2ccc(C(NC(=O)OC(C)(C)C)C(=O)N3C[Si](C)(C)CC3C(=O)NC3CCCc4ccccc43)cc2)cc1. The van der Waals surface area contributed by atoms with Crippen LogP contribution in [-0.4, -0.2) is 61.8 Å². The first-order valence-electron chi connectivity index (χ1n) is 16.7. The number of alkyl carbamates (subject to hydrolysis) is 1. The molecule has 0 aromatic heterocycles. The van der Waals surface area contributed by atoms with E-state index in [0.29, 0.717) is 28.9 Å². The molecule has 49 heavy (non-hydrogen) atoms. The predicted molar refractivity (Wildman–Crippen MR) is 190 cm³/mol. The molecule has 0 spiro atoms. The van der Waals surface area contributed by atoms with Crippen molar-refractivity contribution in [1.82, 2.24) is 15.5 Å². The molecule has 2 aliphatic rings. The summed E-state index contributed by atoms with van der Waals surface area (Å²) in [5, 5.41) is 6.08. The highest BCUT2D eigenvalue weighted by Crippen LogP contribution is 2.33. The molecule has 3 atom stereocenters. The number of esters is 1. The maximum absolute atomic E-state index is 14.5. The summed E-state index contributed by atoms with van der Waals surface area (Å²) in [6.07, 6.45) is 2.60. The predicted octanol–water partition coefficient (Wildman–Crippen LogP) is 6.09. The van der Waals surface area contributed by atoms with Gasteiger partial charge in [0.1, 0.15) is 17.7 Å². The Morgan fingerprint density at radius 3 is 2.18 bits per heavy atom. The average molecular weight is 680 g/mol. The summed E-state index contributed by atoms with van der Waals surface area (Å²) in [5.41, 5.74) is 4.03. The van der Waals surface area contributed by atoms with Crippen molar-refractivity contribution in [2.45, 2.75) is 82.9 Å². The molecule has 1 saturated heterocycles. The Balaban J connectivity index is 1.38. The lowest BCUT2D eigenvalue weighted by Gasteiger charge is -2.32. The van der Waals surface area contributed by atoms with Crippen LogP contribution in [0.25, 0.3) is 0 Å². The highest BCUT2D eigenvalue weighted by molar-refractivity contribution is 6.79. The third-order valence-electron chi connectivity index (χ3n) is 8.80. The molecule has 3 aromatic carbocycles. The second kappa shape index (κ2) is 14.7. The second-order valence-corrected chi connectivity index (χ2v) is 19.6. The van der Waals surface area contributed by atoms with E-state index < -0.39 is 37.8 Å². The van der Waals surface area contributed by atoms with Crippen molar-refractivity contribution in [2.75, 3.05) is 13.3 Å². The lowest BCUT2D eigenvalue weighted by molar-refractivity contribution is -0.140. The molecule has 1 aliphatic heterocycles. The minimum Gasteiger partial charge on any atom is -0.465 e. The van der Waals surface area contributed by atoms with Gasteiger partial charge in [0.05, 0.1) is 26.8 Å². The van der Waals surface area contributed by atoms with E-state index in [0.717, 1.165) is 30.4 Å². The van der Waals surface area contributed by atoms with Gasteiger partial charge in [0.15, 0.2) is 0 Å². The Morgan fingerprint density at radius 2 is 1.55 bits per heavy atom. The Kier molecular flexibility index (Phi) is 10.6. The van der Waals surface area contributed by atoms with Crippen LogP contribution in [0.1, 0.15) is 83.9 Å². The Hall–Kier alpha value is -4.88. The van der Waals surface area contributed by atoms with Crippen LogP contribution in [0, 0.1) is 11.8 Å². The van der Waals surface area contributed by atoms with E-state index in [4.69, 9.17) is 9.47 Å². The number of hydrogen-bond acceptors (Lipinski definition) is 6. The third-order valence-corrected chi connectivity index (χ3v) is 11.5. The summed E-state index contributed by atoms with van der Waals surface area (Å²) >= 11 is 0. The molecule has 10 heteroatoms. The number of ether oxygens (including phenoxy) is 2. The molecule has 0 saturated carbocycles. The van der Waals surface area contributed by atoms with Crippen LogP contribution >= 0.6 is 0 Å². The molecule has 3 unspecified atom stereocenters. The number of carbonyl (C=O) groups is 4. The van der Waals surface area contributed by atoms with Gasteiger partial charge in [-0.05, 0) is 99.2 Å². The Labute approximate surface area is 289 Å². The van der Waals surface area contributed by atoms with Crippen LogP contribution in [0.5, 0.6) is 0 Å². The highest BCUT2D eigenvalue weighted by atomic mass is 28.3. The molecular formula is C39H45N3O6Si. The van der Waals surface area contributed by atoms with Gasteiger partial charge in [-0.25, -0.2) is 9.59 Å². The molecule has 1 heterocycles. The topological polar surface area (TPSA) is 114 Å². The number of rotatable bonds is 6. The van der Waals surface area contributed by atoms with Crippen molar-refractivity contribution in [3.8, 4) is 11.8 Å². The smallest absolute Gasteiger partial charge is 0.408 e. The van der Waals surface area contributed by atoms with Gasteiger partial charge in [-0.2, -0.15) is 0 Å². The molecule has 0 bridgehead atoms. The van der Waals surface area contributed by atoms with E-state index in [1.807, 2.05) is 12.1 Å². The number of hydrogen-bond donors (Lipinski definition) is 2. The highest BCUT2D eigenvalue weighted by Gasteiger charge is 2.47. The number of fused-ring (bicyclic) bond motifs is 1. The fourth-order valence-electron chi connectivity index (χ4n) is 6.50. The first kappa shape index (κ1) is 35.4. The minimum absolute atomic E-state index is 0.102. The zero-order valence-corrected chi connectivity index (χ0v) is 30.1. The molecule has 5 rings (SSSR count). The van der Waals surface area contributed by atoms with Crippen LogP contribution in [0.3, 0.4) is 0 Å². The molecule has 1 aliphatic carbocycles. The van der Waals surface area contributed by atoms with Gasteiger partial charge in [-0.1, -0.05) is 61.3 Å². The molecule has 3 aromatic rings. The molecular weight excluding hydrogens is 635 g/mol. The zero-order chi connectivity index (χ0) is 35.3. The van der Waals surface area contributed by atoms with Gasteiger partial charge in [0, 0.05) is 17.3 Å². The van der Waals surface area contributed by atoms with E-state index in [9.17, 15) is 19.2 Å². The summed E-state index contributed by atoms with van der Waals surface area (Å²) in [4.78, 5) is 54.9. The molecule has 2 N–H and O–H groups in total. The summed E-state index contributed by atoms with van der Waals surface area (Å²) in [7, 11) is -0.628. The fourth-order valence-corrected chi connectivity index (χ4v) is 9.38. The monoisotopic (exact) mass is 679 g/mol. The van der Waals surface area contributed by atoms with E-state index in [2.05, 4.69) is 47.7 Å². The maximum Gasteiger partial charge on any atom is 0.408 e. The third kappa shape index (κ3) is 8.98. The van der Waals surface area contributed by atoms with Gasteiger partial charge in [-0.3, -0.25) is 9.59 Å². The number of amides is 3. The van der Waals surface area contributed by atoms with Crippen molar-refractivity contribution < 1.29 is 28.7 Å². The lowest BCUT2D eigenvalue weighted by Crippen LogP contribution is -2.51. The van der Waals surface area contributed by atoms with Crippen molar-refractivity contribution >= 4 is 32.0 Å². The minimum atomic E-state index is -1.96. The van der Waals surface area contributed by atoms with Crippen LogP contribution in [0.4, 0.5) is 4.79 Å². The number of aryl methyl sites for hydroxylation is 1. The largest absolute Gasteiger partial charge is 0.465 e. The zero-order valence-electron chi connectivity index (χ0n) is 29.1. The quantitative estimate of drug-likeness (QED) is 0.185. The van der Waals surface area contributed by atoms with Crippen LogP contribution in [0.15, 0.2) is 72.8 Å². The number of nitrogens with one attached hydrogen (secondary N) is 2. The van der Waals surface area contributed by atoms with Gasteiger partial charge in [0.25, 0.3) is 0 Å². The number of nitrogens with zero attached hydrogens (tertiary/aromatic N) is 1. The van der Waals surface area contributed by atoms with Crippen molar-refractivity contribution in [2.24, 2.45) is 0 Å². The number of methoxy groups -OCH3 is 1. The van der Waals surface area contributed by atoms with E-state index in [1.54, 1.807) is 74.2 Å². The molecule has 256 valence electrons. The molecule has 3 amide bonds. The molecule has 9 nitrogen and oxygen atoms in total. The number of benzene rings is 3. The van der Waals surface area contributed by atoms with Crippen LogP contribution < -0.4 is 10.6 Å². The Bertz CT molecular complexity index is 1770. The van der Waals surface area contributed by atoms with Crippen LogP contribution in [-0.2, 0) is 25.5 Å². The number of carbonyl (C=O) groups excluding carboxylic acids is 4. The molecule has 0 radical (unpaired) electrons. The van der Waals surface area contributed by atoms with Crippen molar-refractivity contribution in [1.29, 1.82) is 0 Å². The molecule has 1 fully saturated rings. The summed E-state index contributed by atoms with van der Waals surface area (Å²) in [6, 6.07) is 20.9. The van der Waals surface area contributed by atoms with E-state index in [1.165, 1.54) is 12.7 Å². The van der Waals surface area contributed by atoms with Gasteiger partial charge >= 0.3 is 12.1 Å². The first-order chi connectivity index (χ1) is 23.2. The van der Waals surface area contributed by atoms with Crippen LogP contribution in [0.2, 0.25) is 19.1 Å². The normalized spacial score (nSPS) is 18.6. The van der Waals surface area contributed by atoms with Crippen molar-refractivity contribution in [3.05, 3.63) is 106 Å². The lowest BCUT2D eigenvalue weighted by atomic mass is 9.87. The van der Waals surface area contributed by atoms with Gasteiger partial charge < -0.3 is 25.0 Å². The first-order valence-corrected chi connectivity index (χ1v) is 20.1. The second-order valence-electron chi connectivity index (χ2n) is 14.5. The standard InChI is InChI=1S/C39H45N3O6Si/c1-39(2,3)48-38(46)41-34(29-20-16-26(17-21-29)14-15-27-18-22-30(23-19-27)37(45)47-4)36(44)42-25-49(5,6)24-33(42)35(43)40-32-13-9-11-28-10-7-8-12-31(28)32/h7-8,10,12,16-23,32-34H,9,11,13,24-25H2,1-6H3,(H,40,43)(H,41,46). The van der Waals surface area contributed by atoms with Gasteiger partial charge in [0.2, 0.25) is 11.8 Å².